The summed E-state index contributed by atoms with van der Waals surface area (Å²) in [7, 11) is 1.88. The highest BCUT2D eigenvalue weighted by Gasteiger charge is 2.51. The number of allylic oxidation sites excluding steroid dienone is 3. The third-order valence-corrected chi connectivity index (χ3v) is 9.15. The average molecular weight is 637 g/mol. The molecule has 2 saturated heterocycles. The van der Waals surface area contributed by atoms with Crippen molar-refractivity contribution in [1.82, 2.24) is 29.7 Å². The number of hydrogen-bond donors (Lipinski definition) is 2. The standard InChI is InChI=1S/C36H40N6O5/c1-4-17-40-23-33(45)41-31(18-25-13-15-28(44)16-14-25)35(46)39(20-27-11-8-12-29-30(24(2)43)21-38(3)34(27)29)22-32(41)42(40)36(47)37-19-26-9-6-5-7-10-26/h4-9,11-16,21,26,31-32,44H,1,10,17-20,22-23H2,2-3H3,(H,37,47)/t26?,31-,32-/m0/s1. The zero-order valence-corrected chi connectivity index (χ0v) is 26.7. The molecule has 3 aliphatic rings. The predicted molar refractivity (Wildman–Crippen MR) is 178 cm³/mol. The molecule has 47 heavy (non-hydrogen) atoms. The van der Waals surface area contributed by atoms with Crippen LogP contribution in [-0.2, 0) is 29.6 Å². The average Bonchev–Trinajstić information content (AvgIpc) is 3.41. The number of aromatic nitrogens is 1. The second-order valence-corrected chi connectivity index (χ2v) is 12.4. The van der Waals surface area contributed by atoms with E-state index in [9.17, 15) is 24.3 Å². The van der Waals surface area contributed by atoms with Crippen molar-refractivity contribution in [1.29, 1.82) is 0 Å². The summed E-state index contributed by atoms with van der Waals surface area (Å²) >= 11 is 0. The zero-order chi connectivity index (χ0) is 33.2. The van der Waals surface area contributed by atoms with E-state index in [1.54, 1.807) is 56.4 Å². The second kappa shape index (κ2) is 13.3. The van der Waals surface area contributed by atoms with Gasteiger partial charge >= 0.3 is 6.03 Å². The molecule has 3 heterocycles. The highest BCUT2D eigenvalue weighted by molar-refractivity contribution is 6.07. The van der Waals surface area contributed by atoms with E-state index in [1.165, 1.54) is 6.92 Å². The molecule has 4 amide bonds. The number of aryl methyl sites for hydroxylation is 1. The minimum Gasteiger partial charge on any atom is -0.508 e. The molecule has 0 spiro atoms. The van der Waals surface area contributed by atoms with Gasteiger partial charge in [0.2, 0.25) is 11.8 Å². The molecule has 6 rings (SSSR count). The lowest BCUT2D eigenvalue weighted by Crippen LogP contribution is -2.76. The Morgan fingerprint density at radius 2 is 1.89 bits per heavy atom. The highest BCUT2D eigenvalue weighted by Crippen LogP contribution is 2.32. The van der Waals surface area contributed by atoms with Crippen LogP contribution in [0.5, 0.6) is 5.75 Å². The van der Waals surface area contributed by atoms with Crippen molar-refractivity contribution < 1.29 is 24.3 Å². The van der Waals surface area contributed by atoms with Gasteiger partial charge in [0.25, 0.3) is 0 Å². The number of benzene rings is 2. The Labute approximate surface area is 274 Å². The SMILES string of the molecule is C=CCN1CC(=O)N2[C@@H](Cc3ccc(O)cc3)C(=O)N(Cc3cccc4c(C(C)=O)cn(C)c34)C[C@@H]2N1C(=O)NCC1C=CC=CC1. The van der Waals surface area contributed by atoms with Gasteiger partial charge in [-0.2, -0.15) is 0 Å². The van der Waals surface area contributed by atoms with Gasteiger partial charge in [0, 0.05) is 50.2 Å². The number of carbonyl (C=O) groups excluding carboxylic acids is 4. The lowest BCUT2D eigenvalue weighted by atomic mass is 9.98. The molecule has 11 nitrogen and oxygen atoms in total. The van der Waals surface area contributed by atoms with E-state index in [1.807, 2.05) is 42.0 Å². The van der Waals surface area contributed by atoms with Gasteiger partial charge < -0.3 is 24.8 Å². The van der Waals surface area contributed by atoms with Crippen molar-refractivity contribution in [2.24, 2.45) is 13.0 Å². The first kappa shape index (κ1) is 31.8. The van der Waals surface area contributed by atoms with Crippen molar-refractivity contribution in [2.45, 2.75) is 38.5 Å². The fourth-order valence-electron chi connectivity index (χ4n) is 6.95. The summed E-state index contributed by atoms with van der Waals surface area (Å²) < 4.78 is 1.90. The van der Waals surface area contributed by atoms with Gasteiger partial charge in [0.1, 0.15) is 18.0 Å². The van der Waals surface area contributed by atoms with Crippen molar-refractivity contribution in [2.75, 3.05) is 26.2 Å². The number of amides is 4. The van der Waals surface area contributed by atoms with E-state index in [4.69, 9.17) is 0 Å². The first-order valence-corrected chi connectivity index (χ1v) is 15.9. The number of hydrogen-bond acceptors (Lipinski definition) is 6. The summed E-state index contributed by atoms with van der Waals surface area (Å²) in [6.45, 7) is 6.30. The molecule has 0 saturated carbocycles. The highest BCUT2D eigenvalue weighted by atomic mass is 16.3. The van der Waals surface area contributed by atoms with Crippen LogP contribution in [0, 0.1) is 5.92 Å². The van der Waals surface area contributed by atoms with Gasteiger partial charge in [-0.15, -0.1) is 6.58 Å². The van der Waals surface area contributed by atoms with Crippen LogP contribution in [0.2, 0.25) is 0 Å². The molecule has 3 atom stereocenters. The monoisotopic (exact) mass is 636 g/mol. The Morgan fingerprint density at radius 3 is 2.60 bits per heavy atom. The molecular weight excluding hydrogens is 596 g/mol. The minimum absolute atomic E-state index is 0.0455. The largest absolute Gasteiger partial charge is 0.508 e. The van der Waals surface area contributed by atoms with Gasteiger partial charge in [-0.25, -0.2) is 14.8 Å². The number of nitrogens with one attached hydrogen (secondary N) is 1. The molecule has 0 bridgehead atoms. The van der Waals surface area contributed by atoms with Crippen LogP contribution in [0.4, 0.5) is 4.79 Å². The zero-order valence-electron chi connectivity index (χ0n) is 26.7. The molecule has 2 fully saturated rings. The number of nitrogens with zero attached hydrogens (tertiary/aromatic N) is 5. The van der Waals surface area contributed by atoms with Gasteiger partial charge in [0.15, 0.2) is 5.78 Å². The number of fused-ring (bicyclic) bond motifs is 2. The molecule has 2 aliphatic heterocycles. The van der Waals surface area contributed by atoms with Gasteiger partial charge in [-0.05, 0) is 42.5 Å². The summed E-state index contributed by atoms with van der Waals surface area (Å²) in [5.74, 6) is -0.289. The summed E-state index contributed by atoms with van der Waals surface area (Å²) in [6, 6.07) is 11.1. The number of phenolic OH excluding ortho intramolecular Hbond substituents is 1. The van der Waals surface area contributed by atoms with E-state index in [2.05, 4.69) is 24.0 Å². The summed E-state index contributed by atoms with van der Waals surface area (Å²) in [4.78, 5) is 58.0. The number of para-hydroxylation sites is 1. The topological polar surface area (TPSA) is 118 Å². The normalized spacial score (nSPS) is 21.3. The number of piperazine rings is 1. The first-order valence-electron chi connectivity index (χ1n) is 15.9. The van der Waals surface area contributed by atoms with Crippen molar-refractivity contribution in [3.63, 3.8) is 0 Å². The number of rotatable bonds is 9. The number of aromatic hydroxyl groups is 1. The molecule has 2 N–H and O–H groups in total. The second-order valence-electron chi connectivity index (χ2n) is 12.4. The molecule has 1 aromatic heterocycles. The maximum atomic E-state index is 14.4. The smallest absolute Gasteiger partial charge is 0.333 e. The van der Waals surface area contributed by atoms with Crippen LogP contribution in [0.15, 0.2) is 85.6 Å². The maximum Gasteiger partial charge on any atom is 0.333 e. The molecule has 3 aromatic rings. The van der Waals surface area contributed by atoms with Crippen LogP contribution >= 0.6 is 0 Å². The molecule has 1 unspecified atom stereocenters. The van der Waals surface area contributed by atoms with E-state index >= 15 is 0 Å². The molecule has 2 aromatic carbocycles. The summed E-state index contributed by atoms with van der Waals surface area (Å²) in [6.07, 6.45) is 11.8. The minimum atomic E-state index is -0.890. The lowest BCUT2D eigenvalue weighted by molar-refractivity contribution is -0.189. The molecule has 1 aliphatic carbocycles. The van der Waals surface area contributed by atoms with Crippen molar-refractivity contribution in [3.8, 4) is 5.75 Å². The number of urea groups is 1. The Kier molecular flexibility index (Phi) is 8.99. The third-order valence-electron chi connectivity index (χ3n) is 9.15. The Hall–Kier alpha value is -5.16. The van der Waals surface area contributed by atoms with Crippen molar-refractivity contribution >= 4 is 34.5 Å². The van der Waals surface area contributed by atoms with Gasteiger partial charge in [0.05, 0.1) is 18.6 Å². The number of ketones is 1. The van der Waals surface area contributed by atoms with Crippen LogP contribution in [-0.4, -0.2) is 91.5 Å². The fourth-order valence-corrected chi connectivity index (χ4v) is 6.95. The van der Waals surface area contributed by atoms with Crippen LogP contribution in [0.1, 0.15) is 34.8 Å². The van der Waals surface area contributed by atoms with Gasteiger partial charge in [-0.3, -0.25) is 14.4 Å². The molecular formula is C36H40N6O5. The maximum absolute atomic E-state index is 14.4. The van der Waals surface area contributed by atoms with Crippen LogP contribution < -0.4 is 5.32 Å². The first-order chi connectivity index (χ1) is 22.7. The molecule has 11 heteroatoms. The number of carbonyl (C=O) groups is 4. The predicted octanol–water partition coefficient (Wildman–Crippen LogP) is 3.76. The Morgan fingerprint density at radius 1 is 1.11 bits per heavy atom. The van der Waals surface area contributed by atoms with E-state index in [-0.39, 0.29) is 67.9 Å². The number of hydrazine groups is 1. The van der Waals surface area contributed by atoms with Crippen LogP contribution in [0.3, 0.4) is 0 Å². The summed E-state index contributed by atoms with van der Waals surface area (Å²) in [5.41, 5.74) is 3.07. The Bertz CT molecular complexity index is 1780. The fraction of sp³-hybridized carbons (Fsp3) is 0.333. The molecule has 244 valence electrons. The Balaban J connectivity index is 1.38. The van der Waals surface area contributed by atoms with E-state index < -0.39 is 12.2 Å². The molecule has 0 radical (unpaired) electrons. The number of Topliss-reactive ketones (excluding diaryl/α,β-unsaturated/α-hetero) is 1. The third kappa shape index (κ3) is 6.31. The summed E-state index contributed by atoms with van der Waals surface area (Å²) in [5, 5.41) is 17.0. The van der Waals surface area contributed by atoms with E-state index in [0.29, 0.717) is 12.1 Å². The van der Waals surface area contributed by atoms with Crippen molar-refractivity contribution in [3.05, 3.63) is 102 Å². The quantitative estimate of drug-likeness (QED) is 0.273. The lowest BCUT2D eigenvalue weighted by Gasteiger charge is -2.55. The van der Waals surface area contributed by atoms with Gasteiger partial charge in [-0.1, -0.05) is 60.7 Å². The van der Waals surface area contributed by atoms with E-state index in [0.717, 1.165) is 28.5 Å². The number of phenols is 1. The van der Waals surface area contributed by atoms with Crippen LogP contribution in [0.25, 0.3) is 10.9 Å².